The van der Waals surface area contributed by atoms with Crippen molar-refractivity contribution in [1.29, 1.82) is 0 Å². The molecular weight excluding hydrogens is 332 g/mol. The van der Waals surface area contributed by atoms with Crippen molar-refractivity contribution in [2.75, 3.05) is 41.2 Å². The van der Waals surface area contributed by atoms with E-state index in [2.05, 4.69) is 19.1 Å². The first-order valence-corrected chi connectivity index (χ1v) is 9.60. The lowest BCUT2D eigenvalue weighted by Gasteiger charge is -2.06. The summed E-state index contributed by atoms with van der Waals surface area (Å²) in [5.41, 5.74) is 0. The molecule has 2 N–H and O–H groups in total. The van der Waals surface area contributed by atoms with Crippen LogP contribution in [0.1, 0.15) is 59.3 Å². The summed E-state index contributed by atoms with van der Waals surface area (Å²) in [5, 5.41) is 18.1. The van der Waals surface area contributed by atoms with Crippen molar-refractivity contribution < 1.29 is 24.4 Å². The molecule has 0 aliphatic rings. The monoisotopic (exact) mass is 376 g/mol. The van der Waals surface area contributed by atoms with Crippen LogP contribution in [0.2, 0.25) is 0 Å². The molecule has 0 saturated carbocycles. The van der Waals surface area contributed by atoms with Crippen LogP contribution in [0.3, 0.4) is 0 Å². The van der Waals surface area contributed by atoms with E-state index in [0.717, 1.165) is 38.7 Å². The molecule has 0 bridgehead atoms. The molecule has 0 rings (SSSR count). The zero-order chi connectivity index (χ0) is 20.5. The van der Waals surface area contributed by atoms with Crippen LogP contribution < -0.4 is 0 Å². The van der Waals surface area contributed by atoms with Crippen molar-refractivity contribution in [2.24, 2.45) is 0 Å². The van der Waals surface area contributed by atoms with E-state index in [9.17, 15) is 0 Å². The molecule has 158 valence electrons. The average molecular weight is 377 g/mol. The minimum absolute atomic E-state index is 0.157. The molecule has 0 aromatic carbocycles. The number of aliphatic hydroxyl groups is 2. The second-order valence-electron chi connectivity index (χ2n) is 5.80. The maximum absolute atomic E-state index is 9.10. The van der Waals surface area contributed by atoms with E-state index < -0.39 is 0 Å². The van der Waals surface area contributed by atoms with Crippen LogP contribution in [0.15, 0.2) is 24.3 Å². The molecule has 2 unspecified atom stereocenters. The van der Waals surface area contributed by atoms with Gasteiger partial charge in [0.05, 0.1) is 12.2 Å². The Kier molecular flexibility index (Phi) is 33.6. The maximum Gasteiger partial charge on any atom is 0.0742 e. The maximum atomic E-state index is 9.10. The van der Waals surface area contributed by atoms with Crippen LogP contribution >= 0.6 is 0 Å². The third-order valence-electron chi connectivity index (χ3n) is 3.26. The molecule has 0 radical (unpaired) electrons. The summed E-state index contributed by atoms with van der Waals surface area (Å²) < 4.78 is 14.4. The summed E-state index contributed by atoms with van der Waals surface area (Å²) in [6, 6.07) is 0. The zero-order valence-electron chi connectivity index (χ0n) is 17.9. The van der Waals surface area contributed by atoms with E-state index in [-0.39, 0.29) is 12.2 Å². The van der Waals surface area contributed by atoms with Crippen LogP contribution in [0.25, 0.3) is 0 Å². The smallest absolute Gasteiger partial charge is 0.0742 e. The highest BCUT2D eigenvalue weighted by Crippen LogP contribution is 2.00. The van der Waals surface area contributed by atoms with Crippen molar-refractivity contribution in [3.63, 3.8) is 0 Å². The summed E-state index contributed by atoms with van der Waals surface area (Å²) in [4.78, 5) is 0. The lowest BCUT2D eigenvalue weighted by Crippen LogP contribution is -2.08. The molecule has 0 saturated heterocycles. The minimum atomic E-state index is -0.338. The Morgan fingerprint density at radius 3 is 1.85 bits per heavy atom. The van der Waals surface area contributed by atoms with Gasteiger partial charge in [0.25, 0.3) is 0 Å². The second-order valence-corrected chi connectivity index (χ2v) is 5.80. The summed E-state index contributed by atoms with van der Waals surface area (Å²) in [6.45, 7) is 8.15. The molecule has 26 heavy (non-hydrogen) atoms. The first kappa shape index (κ1) is 30.0. The molecule has 0 spiro atoms. The lowest BCUT2D eigenvalue weighted by atomic mass is 10.1. The Morgan fingerprint density at radius 1 is 0.808 bits per heavy atom. The molecule has 5 nitrogen and oxygen atoms in total. The van der Waals surface area contributed by atoms with Gasteiger partial charge in [-0.2, -0.15) is 0 Å². The first-order chi connectivity index (χ1) is 12.5. The molecule has 0 fully saturated rings. The predicted octanol–water partition coefficient (Wildman–Crippen LogP) is 4.13. The number of unbranched alkanes of at least 4 members (excludes halogenated alkanes) is 1. The van der Waals surface area contributed by atoms with Gasteiger partial charge < -0.3 is 24.4 Å². The number of hydrogen-bond acceptors (Lipinski definition) is 5. The number of rotatable bonds is 13. The van der Waals surface area contributed by atoms with Crippen LogP contribution in [0.4, 0.5) is 0 Å². The minimum Gasteiger partial charge on any atom is -0.393 e. The molecule has 0 aliphatic carbocycles. The molecular formula is C21H44O5. The largest absolute Gasteiger partial charge is 0.393 e. The van der Waals surface area contributed by atoms with E-state index in [0.29, 0.717) is 19.6 Å². The van der Waals surface area contributed by atoms with Crippen molar-refractivity contribution in [1.82, 2.24) is 0 Å². The zero-order valence-corrected chi connectivity index (χ0v) is 17.9. The fourth-order valence-corrected chi connectivity index (χ4v) is 1.80. The highest BCUT2D eigenvalue weighted by Gasteiger charge is 1.99. The van der Waals surface area contributed by atoms with E-state index in [4.69, 9.17) is 24.4 Å². The van der Waals surface area contributed by atoms with Gasteiger partial charge in [-0.1, -0.05) is 37.6 Å². The topological polar surface area (TPSA) is 68.2 Å². The summed E-state index contributed by atoms with van der Waals surface area (Å²) in [5.74, 6) is 0. The number of allylic oxidation sites excluding steroid dienone is 3. The summed E-state index contributed by atoms with van der Waals surface area (Å²) in [6.07, 6.45) is 13.0. The normalized spacial score (nSPS) is 13.1. The molecule has 0 aliphatic heterocycles. The van der Waals surface area contributed by atoms with Gasteiger partial charge >= 0.3 is 0 Å². The second kappa shape index (κ2) is 29.1. The lowest BCUT2D eigenvalue weighted by molar-refractivity contribution is 0.103. The molecule has 0 heterocycles. The van der Waals surface area contributed by atoms with Crippen molar-refractivity contribution in [3.05, 3.63) is 24.3 Å². The standard InChI is InChI=1S/C7H16O2.C7H14O2.C7H14O/c2*1-3-4-7(8)5-6-9-2;1-3-4-5-6-7-8-2/h7-8H,3-6H2,1-2H3;3-4,7-8H,5-6H2,1-2H3;3-4H,5-7H2,1-2H3/b;2*4-3+. The Morgan fingerprint density at radius 2 is 1.38 bits per heavy atom. The van der Waals surface area contributed by atoms with Crippen molar-refractivity contribution in [2.45, 2.75) is 71.5 Å². The third kappa shape index (κ3) is 34.6. The van der Waals surface area contributed by atoms with Gasteiger partial charge in [-0.15, -0.1) is 0 Å². The third-order valence-corrected chi connectivity index (χ3v) is 3.26. The number of methoxy groups -OCH3 is 3. The fraction of sp³-hybridized carbons (Fsp3) is 0.810. The molecule has 5 heteroatoms. The van der Waals surface area contributed by atoms with Gasteiger partial charge in [0.15, 0.2) is 0 Å². The van der Waals surface area contributed by atoms with Crippen LogP contribution in [0, 0.1) is 0 Å². The molecule has 0 amide bonds. The van der Waals surface area contributed by atoms with Crippen LogP contribution in [-0.4, -0.2) is 63.6 Å². The first-order valence-electron chi connectivity index (χ1n) is 9.60. The number of aliphatic hydroxyl groups excluding tert-OH is 2. The van der Waals surface area contributed by atoms with Gasteiger partial charge in [-0.3, -0.25) is 0 Å². The van der Waals surface area contributed by atoms with Gasteiger partial charge in [0.1, 0.15) is 0 Å². The number of hydrogen-bond donors (Lipinski definition) is 2. The quantitative estimate of drug-likeness (QED) is 0.374. The van der Waals surface area contributed by atoms with Crippen molar-refractivity contribution in [3.8, 4) is 0 Å². The van der Waals surface area contributed by atoms with Crippen molar-refractivity contribution >= 4 is 0 Å². The Balaban J connectivity index is -0.000000306. The predicted molar refractivity (Wildman–Crippen MR) is 111 cm³/mol. The average Bonchev–Trinajstić information content (AvgIpc) is 2.63. The summed E-state index contributed by atoms with van der Waals surface area (Å²) >= 11 is 0. The van der Waals surface area contributed by atoms with Gasteiger partial charge in [0.2, 0.25) is 0 Å². The van der Waals surface area contributed by atoms with Gasteiger partial charge in [-0.05, 0) is 39.5 Å². The molecule has 2 atom stereocenters. The van der Waals surface area contributed by atoms with Crippen LogP contribution in [0.5, 0.6) is 0 Å². The van der Waals surface area contributed by atoms with Gasteiger partial charge in [-0.25, -0.2) is 0 Å². The van der Waals surface area contributed by atoms with E-state index in [1.54, 1.807) is 27.4 Å². The molecule has 0 aromatic heterocycles. The van der Waals surface area contributed by atoms with Gasteiger partial charge in [0, 0.05) is 47.6 Å². The Bertz CT molecular complexity index is 280. The fourth-order valence-electron chi connectivity index (χ4n) is 1.80. The molecule has 0 aromatic rings. The van der Waals surface area contributed by atoms with E-state index in [1.807, 2.05) is 19.9 Å². The Hall–Kier alpha value is -0.720. The van der Waals surface area contributed by atoms with E-state index in [1.165, 1.54) is 0 Å². The summed E-state index contributed by atoms with van der Waals surface area (Å²) in [7, 11) is 5.01. The highest BCUT2D eigenvalue weighted by atomic mass is 16.5. The SMILES string of the molecule is C/C=C/C(O)CCOC.C/C=C/CCCOC.CCCC(O)CCOC. The van der Waals surface area contributed by atoms with Crippen LogP contribution in [-0.2, 0) is 14.2 Å². The number of ether oxygens (including phenoxy) is 3. The van der Waals surface area contributed by atoms with E-state index >= 15 is 0 Å². The highest BCUT2D eigenvalue weighted by molar-refractivity contribution is 4.84. The Labute approximate surface area is 162 Å².